The lowest BCUT2D eigenvalue weighted by atomic mass is 9.90. The SMILES string of the molecule is CC(=O)C(C)(C)COCc1ccccc1. The molecule has 0 atom stereocenters. The first-order chi connectivity index (χ1) is 7.02. The normalized spacial score (nSPS) is 11.4. The zero-order valence-corrected chi connectivity index (χ0v) is 9.62. The molecule has 0 unspecified atom stereocenters. The molecular formula is C13H18O2. The molecular weight excluding hydrogens is 188 g/mol. The van der Waals surface area contributed by atoms with Gasteiger partial charge in [0.05, 0.1) is 13.2 Å². The molecule has 0 bridgehead atoms. The molecule has 0 saturated carbocycles. The zero-order valence-electron chi connectivity index (χ0n) is 9.62. The van der Waals surface area contributed by atoms with E-state index < -0.39 is 0 Å². The van der Waals surface area contributed by atoms with Crippen molar-refractivity contribution in [1.29, 1.82) is 0 Å². The van der Waals surface area contributed by atoms with Crippen LogP contribution in [0, 0.1) is 5.41 Å². The smallest absolute Gasteiger partial charge is 0.137 e. The van der Waals surface area contributed by atoms with Crippen LogP contribution in [0.4, 0.5) is 0 Å². The second-order valence-corrected chi connectivity index (χ2v) is 4.42. The highest BCUT2D eigenvalue weighted by Crippen LogP contribution is 2.17. The van der Waals surface area contributed by atoms with Gasteiger partial charge < -0.3 is 4.74 Å². The quantitative estimate of drug-likeness (QED) is 0.740. The molecule has 0 aromatic heterocycles. The van der Waals surface area contributed by atoms with Crippen LogP contribution in [-0.2, 0) is 16.1 Å². The summed E-state index contributed by atoms with van der Waals surface area (Å²) in [6.07, 6.45) is 0. The second-order valence-electron chi connectivity index (χ2n) is 4.42. The van der Waals surface area contributed by atoms with Crippen molar-refractivity contribution < 1.29 is 9.53 Å². The molecule has 82 valence electrons. The molecule has 0 saturated heterocycles. The molecule has 1 aromatic rings. The van der Waals surface area contributed by atoms with Gasteiger partial charge in [0.25, 0.3) is 0 Å². The van der Waals surface area contributed by atoms with E-state index in [1.165, 1.54) is 0 Å². The first-order valence-corrected chi connectivity index (χ1v) is 5.15. The Labute approximate surface area is 91.3 Å². The van der Waals surface area contributed by atoms with Crippen molar-refractivity contribution in [2.45, 2.75) is 27.4 Å². The minimum absolute atomic E-state index is 0.163. The molecule has 0 N–H and O–H groups in total. The van der Waals surface area contributed by atoms with E-state index in [2.05, 4.69) is 0 Å². The Bertz CT molecular complexity index is 315. The largest absolute Gasteiger partial charge is 0.376 e. The number of hydrogen-bond donors (Lipinski definition) is 0. The fraction of sp³-hybridized carbons (Fsp3) is 0.462. The summed E-state index contributed by atoms with van der Waals surface area (Å²) in [4.78, 5) is 11.2. The van der Waals surface area contributed by atoms with Gasteiger partial charge in [-0.1, -0.05) is 44.2 Å². The van der Waals surface area contributed by atoms with Crippen molar-refractivity contribution in [1.82, 2.24) is 0 Å². The summed E-state index contributed by atoms with van der Waals surface area (Å²) < 4.78 is 5.52. The molecule has 1 aromatic carbocycles. The number of carbonyl (C=O) groups excluding carboxylic acids is 1. The minimum Gasteiger partial charge on any atom is -0.376 e. The molecule has 0 amide bonds. The van der Waals surface area contributed by atoms with Crippen LogP contribution in [0.5, 0.6) is 0 Å². The third-order valence-corrected chi connectivity index (χ3v) is 2.53. The van der Waals surface area contributed by atoms with E-state index in [0.717, 1.165) is 5.56 Å². The first kappa shape index (κ1) is 11.9. The highest BCUT2D eigenvalue weighted by molar-refractivity contribution is 5.81. The van der Waals surface area contributed by atoms with E-state index in [9.17, 15) is 4.79 Å². The lowest BCUT2D eigenvalue weighted by molar-refractivity contribution is -0.128. The van der Waals surface area contributed by atoms with Crippen LogP contribution < -0.4 is 0 Å². The average Bonchev–Trinajstić information content (AvgIpc) is 2.19. The van der Waals surface area contributed by atoms with Crippen LogP contribution in [0.25, 0.3) is 0 Å². The summed E-state index contributed by atoms with van der Waals surface area (Å²) in [5.41, 5.74) is 0.756. The van der Waals surface area contributed by atoms with Gasteiger partial charge in [0.1, 0.15) is 5.78 Å². The number of ether oxygens (including phenoxy) is 1. The Morgan fingerprint density at radius 3 is 2.40 bits per heavy atom. The monoisotopic (exact) mass is 206 g/mol. The van der Waals surface area contributed by atoms with Crippen molar-refractivity contribution >= 4 is 5.78 Å². The number of benzene rings is 1. The maximum Gasteiger partial charge on any atom is 0.137 e. The topological polar surface area (TPSA) is 26.3 Å². The highest BCUT2D eigenvalue weighted by Gasteiger charge is 2.23. The van der Waals surface area contributed by atoms with Gasteiger partial charge in [-0.05, 0) is 12.5 Å². The molecule has 0 aliphatic rings. The van der Waals surface area contributed by atoms with Gasteiger partial charge >= 0.3 is 0 Å². The Balaban J connectivity index is 2.37. The molecule has 1 rings (SSSR count). The molecule has 0 radical (unpaired) electrons. The number of hydrogen-bond acceptors (Lipinski definition) is 2. The van der Waals surface area contributed by atoms with Gasteiger partial charge in [-0.15, -0.1) is 0 Å². The van der Waals surface area contributed by atoms with E-state index in [1.54, 1.807) is 6.92 Å². The van der Waals surface area contributed by atoms with Crippen molar-refractivity contribution in [3.05, 3.63) is 35.9 Å². The summed E-state index contributed by atoms with van der Waals surface area (Å²) in [5, 5.41) is 0. The van der Waals surface area contributed by atoms with Gasteiger partial charge in [-0.25, -0.2) is 0 Å². The Morgan fingerprint density at radius 2 is 1.87 bits per heavy atom. The third kappa shape index (κ3) is 3.84. The highest BCUT2D eigenvalue weighted by atomic mass is 16.5. The van der Waals surface area contributed by atoms with Crippen LogP contribution in [0.3, 0.4) is 0 Å². The fourth-order valence-corrected chi connectivity index (χ4v) is 1.10. The molecule has 2 nitrogen and oxygen atoms in total. The van der Waals surface area contributed by atoms with Gasteiger partial charge in [0, 0.05) is 5.41 Å². The Kier molecular flexibility index (Phi) is 4.04. The lowest BCUT2D eigenvalue weighted by Crippen LogP contribution is -2.27. The number of carbonyl (C=O) groups is 1. The summed E-state index contributed by atoms with van der Waals surface area (Å²) in [7, 11) is 0. The first-order valence-electron chi connectivity index (χ1n) is 5.15. The van der Waals surface area contributed by atoms with Crippen molar-refractivity contribution in [2.24, 2.45) is 5.41 Å². The Hall–Kier alpha value is -1.15. The van der Waals surface area contributed by atoms with E-state index in [1.807, 2.05) is 44.2 Å². The average molecular weight is 206 g/mol. The van der Waals surface area contributed by atoms with Gasteiger partial charge in [0.15, 0.2) is 0 Å². The Morgan fingerprint density at radius 1 is 1.27 bits per heavy atom. The molecule has 0 heterocycles. The van der Waals surface area contributed by atoms with Gasteiger partial charge in [-0.2, -0.15) is 0 Å². The number of Topliss-reactive ketones (excluding diaryl/α,β-unsaturated/α-hetero) is 1. The number of rotatable bonds is 5. The lowest BCUT2D eigenvalue weighted by Gasteiger charge is -2.20. The second kappa shape index (κ2) is 5.08. The summed E-state index contributed by atoms with van der Waals surface area (Å²) in [5.74, 6) is 0.163. The molecule has 0 fully saturated rings. The standard InChI is InChI=1S/C13H18O2/c1-11(14)13(2,3)10-15-9-12-7-5-4-6-8-12/h4-8H,9-10H2,1-3H3. The van der Waals surface area contributed by atoms with E-state index in [0.29, 0.717) is 13.2 Å². The zero-order chi connectivity index (χ0) is 11.3. The minimum atomic E-state index is -0.380. The molecule has 0 spiro atoms. The van der Waals surface area contributed by atoms with Gasteiger partial charge in [0.2, 0.25) is 0 Å². The maximum absolute atomic E-state index is 11.2. The summed E-state index contributed by atoms with van der Waals surface area (Å²) in [6.45, 7) is 6.45. The molecule has 0 aliphatic carbocycles. The van der Waals surface area contributed by atoms with Crippen LogP contribution >= 0.6 is 0 Å². The molecule has 2 heteroatoms. The number of ketones is 1. The van der Waals surface area contributed by atoms with Crippen LogP contribution in [-0.4, -0.2) is 12.4 Å². The molecule has 15 heavy (non-hydrogen) atoms. The third-order valence-electron chi connectivity index (χ3n) is 2.53. The van der Waals surface area contributed by atoms with Crippen LogP contribution in [0.1, 0.15) is 26.3 Å². The van der Waals surface area contributed by atoms with Crippen molar-refractivity contribution in [3.8, 4) is 0 Å². The van der Waals surface area contributed by atoms with Crippen LogP contribution in [0.15, 0.2) is 30.3 Å². The van der Waals surface area contributed by atoms with E-state index in [-0.39, 0.29) is 11.2 Å². The maximum atomic E-state index is 11.2. The predicted octanol–water partition coefficient (Wildman–Crippen LogP) is 2.82. The summed E-state index contributed by atoms with van der Waals surface area (Å²) in [6, 6.07) is 9.97. The molecule has 0 aliphatic heterocycles. The van der Waals surface area contributed by atoms with Crippen LogP contribution in [0.2, 0.25) is 0 Å². The fourth-order valence-electron chi connectivity index (χ4n) is 1.10. The summed E-state index contributed by atoms with van der Waals surface area (Å²) >= 11 is 0. The van der Waals surface area contributed by atoms with E-state index >= 15 is 0 Å². The van der Waals surface area contributed by atoms with E-state index in [4.69, 9.17) is 4.74 Å². The van der Waals surface area contributed by atoms with Gasteiger partial charge in [-0.3, -0.25) is 4.79 Å². The van der Waals surface area contributed by atoms with Crippen molar-refractivity contribution in [3.63, 3.8) is 0 Å². The van der Waals surface area contributed by atoms with Crippen molar-refractivity contribution in [2.75, 3.05) is 6.61 Å². The predicted molar refractivity (Wildman–Crippen MR) is 60.6 cm³/mol.